The van der Waals surface area contributed by atoms with Gasteiger partial charge in [-0.3, -0.25) is 0 Å². The predicted octanol–water partition coefficient (Wildman–Crippen LogP) is 2.94. The number of methoxy groups -OCH3 is 1. The fraction of sp³-hybridized carbons (Fsp3) is 0.500. The average molecular weight is 254 g/mol. The van der Waals surface area contributed by atoms with Gasteiger partial charge in [-0.1, -0.05) is 0 Å². The minimum Gasteiger partial charge on any atom is -0.383 e. The van der Waals surface area contributed by atoms with Crippen LogP contribution in [0, 0.1) is 0 Å². The second kappa shape index (κ2) is 5.02. The zero-order valence-electron chi connectivity index (χ0n) is 10.2. The molecule has 2 atom stereocenters. The van der Waals surface area contributed by atoms with Gasteiger partial charge in [-0.15, -0.1) is 11.6 Å². The van der Waals surface area contributed by atoms with E-state index in [0.29, 0.717) is 6.61 Å². The molecule has 0 amide bonds. The van der Waals surface area contributed by atoms with E-state index in [1.54, 1.807) is 13.3 Å². The van der Waals surface area contributed by atoms with Crippen LogP contribution in [0.25, 0.3) is 11.2 Å². The minimum absolute atomic E-state index is 0.150. The number of alkyl halides is 1. The van der Waals surface area contributed by atoms with Crippen LogP contribution in [0.1, 0.15) is 31.1 Å². The first-order chi connectivity index (χ1) is 8.15. The quantitative estimate of drug-likeness (QED) is 0.787. The smallest absolute Gasteiger partial charge is 0.160 e. The fourth-order valence-corrected chi connectivity index (χ4v) is 2.13. The number of rotatable bonds is 4. The van der Waals surface area contributed by atoms with Crippen molar-refractivity contribution in [2.45, 2.75) is 25.3 Å². The van der Waals surface area contributed by atoms with E-state index >= 15 is 0 Å². The average Bonchev–Trinajstić information content (AvgIpc) is 2.68. The van der Waals surface area contributed by atoms with Gasteiger partial charge < -0.3 is 9.30 Å². The molecule has 5 heteroatoms. The Morgan fingerprint density at radius 1 is 1.47 bits per heavy atom. The highest BCUT2D eigenvalue weighted by Gasteiger charge is 2.19. The van der Waals surface area contributed by atoms with Crippen molar-refractivity contribution in [2.75, 3.05) is 13.7 Å². The van der Waals surface area contributed by atoms with Crippen LogP contribution in [-0.4, -0.2) is 28.3 Å². The van der Waals surface area contributed by atoms with Crippen molar-refractivity contribution in [3.8, 4) is 0 Å². The summed E-state index contributed by atoms with van der Waals surface area (Å²) in [6.07, 6.45) is 1.77. The lowest BCUT2D eigenvalue weighted by atomic mass is 10.3. The first-order valence-electron chi connectivity index (χ1n) is 5.61. The molecule has 0 saturated heterocycles. The first kappa shape index (κ1) is 12.3. The molecule has 2 aromatic rings. The maximum Gasteiger partial charge on any atom is 0.160 e. The first-order valence-corrected chi connectivity index (χ1v) is 6.04. The van der Waals surface area contributed by atoms with E-state index in [1.165, 1.54) is 0 Å². The molecule has 0 aliphatic carbocycles. The van der Waals surface area contributed by atoms with Gasteiger partial charge in [-0.2, -0.15) is 0 Å². The second-order valence-corrected chi connectivity index (χ2v) is 4.76. The molecule has 2 aromatic heterocycles. The van der Waals surface area contributed by atoms with E-state index in [0.717, 1.165) is 17.0 Å². The van der Waals surface area contributed by atoms with Gasteiger partial charge in [-0.05, 0) is 26.0 Å². The highest BCUT2D eigenvalue weighted by atomic mass is 35.5. The summed E-state index contributed by atoms with van der Waals surface area (Å²) in [5, 5.41) is -0.150. The maximum atomic E-state index is 6.17. The summed E-state index contributed by atoms with van der Waals surface area (Å²) in [7, 11) is 1.69. The highest BCUT2D eigenvalue weighted by molar-refractivity contribution is 6.20. The number of pyridine rings is 1. The predicted molar refractivity (Wildman–Crippen MR) is 68.4 cm³/mol. The second-order valence-electron chi connectivity index (χ2n) is 4.11. The lowest BCUT2D eigenvalue weighted by Gasteiger charge is -2.16. The Morgan fingerprint density at radius 2 is 2.24 bits per heavy atom. The lowest BCUT2D eigenvalue weighted by molar-refractivity contribution is 0.162. The lowest BCUT2D eigenvalue weighted by Crippen LogP contribution is -2.15. The fourth-order valence-electron chi connectivity index (χ4n) is 1.98. The molecule has 0 fully saturated rings. The number of halogens is 1. The van der Waals surface area contributed by atoms with Crippen molar-refractivity contribution in [3.05, 3.63) is 24.2 Å². The molecule has 2 unspecified atom stereocenters. The van der Waals surface area contributed by atoms with Crippen LogP contribution in [0.5, 0.6) is 0 Å². The van der Waals surface area contributed by atoms with Gasteiger partial charge in [0.2, 0.25) is 0 Å². The molecule has 0 aliphatic rings. The van der Waals surface area contributed by atoms with Crippen LogP contribution in [0.4, 0.5) is 0 Å². The van der Waals surface area contributed by atoms with Crippen LogP contribution < -0.4 is 0 Å². The zero-order valence-corrected chi connectivity index (χ0v) is 11.0. The number of hydrogen-bond acceptors (Lipinski definition) is 3. The largest absolute Gasteiger partial charge is 0.383 e. The monoisotopic (exact) mass is 253 g/mol. The summed E-state index contributed by atoms with van der Waals surface area (Å²) in [5.41, 5.74) is 1.73. The molecule has 4 nitrogen and oxygen atoms in total. The minimum atomic E-state index is -0.150. The molecule has 0 N–H and O–H groups in total. The van der Waals surface area contributed by atoms with E-state index < -0.39 is 0 Å². The number of nitrogens with zero attached hydrogens (tertiary/aromatic N) is 3. The van der Waals surface area contributed by atoms with Gasteiger partial charge in [0.25, 0.3) is 0 Å². The van der Waals surface area contributed by atoms with Crippen molar-refractivity contribution in [2.24, 2.45) is 0 Å². The molecule has 2 rings (SSSR count). The zero-order chi connectivity index (χ0) is 12.4. The SMILES string of the molecule is COCC(C)n1c(C(C)Cl)nc2cccnc21. The third-order valence-electron chi connectivity index (χ3n) is 2.68. The summed E-state index contributed by atoms with van der Waals surface area (Å²) in [5.74, 6) is 0.838. The van der Waals surface area contributed by atoms with Crippen molar-refractivity contribution < 1.29 is 4.74 Å². The Hall–Kier alpha value is -1.13. The Kier molecular flexibility index (Phi) is 3.64. The molecule has 0 bridgehead atoms. The van der Waals surface area contributed by atoms with Gasteiger partial charge in [-0.25, -0.2) is 9.97 Å². The molecule has 0 aliphatic heterocycles. The summed E-state index contributed by atoms with van der Waals surface area (Å²) < 4.78 is 7.24. The number of aromatic nitrogens is 3. The van der Waals surface area contributed by atoms with E-state index in [1.807, 2.05) is 19.1 Å². The van der Waals surface area contributed by atoms with Crippen molar-refractivity contribution >= 4 is 22.8 Å². The normalized spacial score (nSPS) is 15.1. The Morgan fingerprint density at radius 3 is 2.88 bits per heavy atom. The summed E-state index contributed by atoms with van der Waals surface area (Å²) >= 11 is 6.17. The number of hydrogen-bond donors (Lipinski definition) is 0. The number of imidazole rings is 1. The van der Waals surface area contributed by atoms with Crippen LogP contribution in [0.2, 0.25) is 0 Å². The van der Waals surface area contributed by atoms with Gasteiger partial charge in [0.1, 0.15) is 11.3 Å². The van der Waals surface area contributed by atoms with Gasteiger partial charge in [0.15, 0.2) is 5.65 Å². The topological polar surface area (TPSA) is 39.9 Å². The number of ether oxygens (including phenoxy) is 1. The van der Waals surface area contributed by atoms with Crippen LogP contribution in [0.15, 0.2) is 18.3 Å². The molecule has 92 valence electrons. The molecular weight excluding hydrogens is 238 g/mol. The molecule has 17 heavy (non-hydrogen) atoms. The Bertz CT molecular complexity index is 509. The Labute approximate surface area is 106 Å². The third-order valence-corrected chi connectivity index (χ3v) is 2.88. The summed E-state index contributed by atoms with van der Waals surface area (Å²) in [6.45, 7) is 4.60. The summed E-state index contributed by atoms with van der Waals surface area (Å²) in [6, 6.07) is 3.99. The standard InChI is InChI=1S/C12H16ClN3O/c1-8(7-17-3)16-11(9(2)13)15-10-5-4-6-14-12(10)16/h4-6,8-9H,7H2,1-3H3. The third kappa shape index (κ3) is 2.28. The van der Waals surface area contributed by atoms with Crippen LogP contribution in [0.3, 0.4) is 0 Å². The van der Waals surface area contributed by atoms with Crippen LogP contribution >= 0.6 is 11.6 Å². The van der Waals surface area contributed by atoms with E-state index in [4.69, 9.17) is 16.3 Å². The van der Waals surface area contributed by atoms with E-state index in [2.05, 4.69) is 21.5 Å². The van der Waals surface area contributed by atoms with Gasteiger partial charge in [0, 0.05) is 13.3 Å². The number of fused-ring (bicyclic) bond motifs is 1. The summed E-state index contributed by atoms with van der Waals surface area (Å²) in [4.78, 5) is 8.90. The molecule has 0 spiro atoms. The Balaban J connectivity index is 2.59. The maximum absolute atomic E-state index is 6.17. The van der Waals surface area contributed by atoms with Crippen molar-refractivity contribution in [3.63, 3.8) is 0 Å². The molecule has 2 heterocycles. The molecular formula is C12H16ClN3O. The molecule has 0 saturated carbocycles. The molecule has 0 radical (unpaired) electrons. The van der Waals surface area contributed by atoms with E-state index in [9.17, 15) is 0 Å². The highest BCUT2D eigenvalue weighted by Crippen LogP contribution is 2.26. The van der Waals surface area contributed by atoms with Gasteiger partial charge >= 0.3 is 0 Å². The van der Waals surface area contributed by atoms with Crippen molar-refractivity contribution in [1.29, 1.82) is 0 Å². The van der Waals surface area contributed by atoms with E-state index in [-0.39, 0.29) is 11.4 Å². The van der Waals surface area contributed by atoms with Crippen molar-refractivity contribution in [1.82, 2.24) is 14.5 Å². The van der Waals surface area contributed by atoms with Crippen LogP contribution in [-0.2, 0) is 4.74 Å². The van der Waals surface area contributed by atoms with Gasteiger partial charge in [0.05, 0.1) is 18.0 Å². The molecule has 0 aromatic carbocycles.